The molecule has 0 atom stereocenters. The van der Waals surface area contributed by atoms with Crippen LogP contribution in [0.2, 0.25) is 0 Å². The maximum Gasteiger partial charge on any atom is 0.265 e. The molecule has 0 unspecified atom stereocenters. The van der Waals surface area contributed by atoms with Gasteiger partial charge in [-0.2, -0.15) is 0 Å². The Morgan fingerprint density at radius 1 is 1.07 bits per heavy atom. The zero-order chi connectivity index (χ0) is 20.4. The summed E-state index contributed by atoms with van der Waals surface area (Å²) >= 11 is 1.38. The number of likely N-dealkylation sites (tertiary alicyclic amines) is 2. The summed E-state index contributed by atoms with van der Waals surface area (Å²) in [5.74, 6) is -0.160. The van der Waals surface area contributed by atoms with Crippen LogP contribution in [-0.2, 0) is 0 Å². The predicted octanol–water partition coefficient (Wildman–Crippen LogP) is 5.05. The number of thiazole rings is 1. The number of nitrogens with zero attached hydrogens (tertiary/aromatic N) is 3. The number of aromatic nitrogens is 1. The van der Waals surface area contributed by atoms with Crippen molar-refractivity contribution in [1.29, 1.82) is 0 Å². The van der Waals surface area contributed by atoms with Crippen molar-refractivity contribution in [3.05, 3.63) is 40.2 Å². The Balaban J connectivity index is 1.42. The van der Waals surface area contributed by atoms with Gasteiger partial charge in [-0.3, -0.25) is 4.79 Å². The van der Waals surface area contributed by atoms with E-state index in [1.807, 2.05) is 17.9 Å². The number of amides is 1. The van der Waals surface area contributed by atoms with Gasteiger partial charge in [0.05, 0.1) is 5.69 Å². The molecular formula is C23H30FN3OS. The molecule has 0 N–H and O–H groups in total. The fourth-order valence-electron chi connectivity index (χ4n) is 4.48. The number of piperidine rings is 1. The van der Waals surface area contributed by atoms with Gasteiger partial charge < -0.3 is 9.80 Å². The van der Waals surface area contributed by atoms with E-state index >= 15 is 0 Å². The maximum absolute atomic E-state index is 13.9. The van der Waals surface area contributed by atoms with Crippen LogP contribution in [0.3, 0.4) is 0 Å². The van der Waals surface area contributed by atoms with Crippen LogP contribution < -0.4 is 0 Å². The van der Waals surface area contributed by atoms with E-state index < -0.39 is 0 Å². The second-order valence-corrected chi connectivity index (χ2v) is 9.37. The fraction of sp³-hybridized carbons (Fsp3) is 0.565. The highest BCUT2D eigenvalue weighted by molar-refractivity contribution is 7.17. The first-order chi connectivity index (χ1) is 14.0. The molecular weight excluding hydrogens is 385 g/mol. The molecule has 4 nitrogen and oxygen atoms in total. The summed E-state index contributed by atoms with van der Waals surface area (Å²) in [5, 5.41) is 0.712. The number of hydrogen-bond acceptors (Lipinski definition) is 4. The lowest BCUT2D eigenvalue weighted by molar-refractivity contribution is 0.0626. The van der Waals surface area contributed by atoms with Gasteiger partial charge in [-0.25, -0.2) is 9.37 Å². The molecule has 2 aromatic rings. The van der Waals surface area contributed by atoms with Crippen molar-refractivity contribution in [1.82, 2.24) is 14.8 Å². The zero-order valence-electron chi connectivity index (χ0n) is 17.4. The number of benzene rings is 1. The molecule has 0 bridgehead atoms. The average molecular weight is 416 g/mol. The Morgan fingerprint density at radius 3 is 2.41 bits per heavy atom. The van der Waals surface area contributed by atoms with Crippen LogP contribution in [0, 0.1) is 19.7 Å². The van der Waals surface area contributed by atoms with E-state index in [0.29, 0.717) is 21.5 Å². The molecule has 1 amide bonds. The molecule has 0 spiro atoms. The molecule has 1 aromatic heterocycles. The van der Waals surface area contributed by atoms with Crippen molar-refractivity contribution in [2.24, 2.45) is 0 Å². The van der Waals surface area contributed by atoms with Gasteiger partial charge in [-0.05, 0) is 64.3 Å². The lowest BCUT2D eigenvalue weighted by Crippen LogP contribution is -2.47. The van der Waals surface area contributed by atoms with E-state index in [-0.39, 0.29) is 11.7 Å². The van der Waals surface area contributed by atoms with Gasteiger partial charge in [0, 0.05) is 24.7 Å². The van der Waals surface area contributed by atoms with Gasteiger partial charge in [0.2, 0.25) is 0 Å². The van der Waals surface area contributed by atoms with E-state index in [2.05, 4.69) is 9.88 Å². The van der Waals surface area contributed by atoms with Crippen LogP contribution >= 0.6 is 11.3 Å². The fourth-order valence-corrected chi connectivity index (χ4v) is 5.51. The highest BCUT2D eigenvalue weighted by atomic mass is 32.1. The lowest BCUT2D eigenvalue weighted by Gasteiger charge is -2.38. The van der Waals surface area contributed by atoms with Gasteiger partial charge in [0.25, 0.3) is 5.91 Å². The third kappa shape index (κ3) is 4.53. The summed E-state index contributed by atoms with van der Waals surface area (Å²) < 4.78 is 13.9. The summed E-state index contributed by atoms with van der Waals surface area (Å²) in [6.07, 6.45) is 7.43. The van der Waals surface area contributed by atoms with Crippen molar-refractivity contribution < 1.29 is 9.18 Å². The molecule has 0 saturated carbocycles. The Kier molecular flexibility index (Phi) is 6.30. The van der Waals surface area contributed by atoms with Crippen LogP contribution in [0.25, 0.3) is 10.6 Å². The SMILES string of the molecule is Cc1ccc(-c2nc(C)c(C(=O)N3CCC(N4CCCCCC4)CC3)s2)cc1F. The molecule has 2 aliphatic rings. The van der Waals surface area contributed by atoms with Gasteiger partial charge in [-0.1, -0.05) is 25.0 Å². The molecule has 29 heavy (non-hydrogen) atoms. The number of rotatable bonds is 3. The molecule has 6 heteroatoms. The van der Waals surface area contributed by atoms with Crippen molar-refractivity contribution in [3.8, 4) is 10.6 Å². The van der Waals surface area contributed by atoms with Crippen LogP contribution in [0.5, 0.6) is 0 Å². The van der Waals surface area contributed by atoms with Crippen molar-refractivity contribution in [3.63, 3.8) is 0 Å². The van der Waals surface area contributed by atoms with Crippen LogP contribution in [-0.4, -0.2) is 52.9 Å². The van der Waals surface area contributed by atoms with Gasteiger partial charge >= 0.3 is 0 Å². The smallest absolute Gasteiger partial charge is 0.265 e. The predicted molar refractivity (Wildman–Crippen MR) is 116 cm³/mol. The van der Waals surface area contributed by atoms with Crippen molar-refractivity contribution in [2.45, 2.75) is 58.4 Å². The van der Waals surface area contributed by atoms with Gasteiger partial charge in [0.15, 0.2) is 0 Å². The lowest BCUT2D eigenvalue weighted by atomic mass is 10.0. The third-order valence-electron chi connectivity index (χ3n) is 6.32. The molecule has 2 aliphatic heterocycles. The summed E-state index contributed by atoms with van der Waals surface area (Å²) in [7, 11) is 0. The Morgan fingerprint density at radius 2 is 1.76 bits per heavy atom. The number of carbonyl (C=O) groups is 1. The quantitative estimate of drug-likeness (QED) is 0.704. The Hall–Kier alpha value is -1.79. The van der Waals surface area contributed by atoms with E-state index in [4.69, 9.17) is 0 Å². The summed E-state index contributed by atoms with van der Waals surface area (Å²) in [6, 6.07) is 5.76. The second kappa shape index (κ2) is 8.92. The standard InChI is InChI=1S/C23H30FN3OS/c1-16-7-8-18(15-20(16)24)22-25-17(2)21(29-22)23(28)27-13-9-19(10-14-27)26-11-5-3-4-6-12-26/h7-8,15,19H,3-6,9-14H2,1-2H3. The van der Waals surface area contributed by atoms with Gasteiger partial charge in [0.1, 0.15) is 15.7 Å². The highest BCUT2D eigenvalue weighted by Gasteiger charge is 2.29. The zero-order valence-corrected chi connectivity index (χ0v) is 18.2. The first kappa shape index (κ1) is 20.5. The number of carbonyl (C=O) groups excluding carboxylic acids is 1. The highest BCUT2D eigenvalue weighted by Crippen LogP contribution is 2.31. The van der Waals surface area contributed by atoms with Crippen LogP contribution in [0.15, 0.2) is 18.2 Å². The van der Waals surface area contributed by atoms with Crippen molar-refractivity contribution in [2.75, 3.05) is 26.2 Å². The first-order valence-corrected chi connectivity index (χ1v) is 11.6. The molecule has 2 fully saturated rings. The minimum Gasteiger partial charge on any atom is -0.338 e. The average Bonchev–Trinajstić information content (AvgIpc) is 2.93. The molecule has 156 valence electrons. The molecule has 3 heterocycles. The van der Waals surface area contributed by atoms with Crippen LogP contribution in [0.4, 0.5) is 4.39 Å². The minimum absolute atomic E-state index is 0.0770. The summed E-state index contributed by atoms with van der Waals surface area (Å²) in [6.45, 7) is 7.67. The number of aryl methyl sites for hydroxylation is 2. The molecule has 4 rings (SSSR count). The number of hydrogen-bond donors (Lipinski definition) is 0. The minimum atomic E-state index is -0.237. The summed E-state index contributed by atoms with van der Waals surface area (Å²) in [5.41, 5.74) is 2.09. The van der Waals surface area contributed by atoms with E-state index in [1.165, 1.54) is 56.2 Å². The Labute approximate surface area is 176 Å². The summed E-state index contributed by atoms with van der Waals surface area (Å²) in [4.78, 5) is 23.0. The number of halogens is 1. The van der Waals surface area contributed by atoms with E-state index in [0.717, 1.165) is 37.2 Å². The maximum atomic E-state index is 13.9. The third-order valence-corrected chi connectivity index (χ3v) is 7.51. The monoisotopic (exact) mass is 415 g/mol. The van der Waals surface area contributed by atoms with E-state index in [1.54, 1.807) is 13.0 Å². The molecule has 0 aliphatic carbocycles. The van der Waals surface area contributed by atoms with Crippen LogP contribution in [0.1, 0.15) is 59.5 Å². The topological polar surface area (TPSA) is 36.4 Å². The molecule has 1 aromatic carbocycles. The molecule has 0 radical (unpaired) electrons. The largest absolute Gasteiger partial charge is 0.338 e. The van der Waals surface area contributed by atoms with Crippen molar-refractivity contribution >= 4 is 17.2 Å². The van der Waals surface area contributed by atoms with Gasteiger partial charge in [-0.15, -0.1) is 11.3 Å². The first-order valence-electron chi connectivity index (χ1n) is 10.8. The Bertz CT molecular complexity index is 865. The normalized spacial score (nSPS) is 19.3. The molecule has 2 saturated heterocycles. The van der Waals surface area contributed by atoms with E-state index in [9.17, 15) is 9.18 Å². The second-order valence-electron chi connectivity index (χ2n) is 8.37.